The van der Waals surface area contributed by atoms with Crippen molar-refractivity contribution in [3.05, 3.63) is 111 Å². The summed E-state index contributed by atoms with van der Waals surface area (Å²) in [5, 5.41) is 16.5. The molecule has 2 atom stereocenters. The van der Waals surface area contributed by atoms with Crippen molar-refractivity contribution in [3.8, 4) is 5.82 Å². The lowest BCUT2D eigenvalue weighted by atomic mass is 10.0. The molecule has 9 rings (SSSR count). The van der Waals surface area contributed by atoms with Gasteiger partial charge in [0.05, 0.1) is 29.4 Å². The number of anilines is 3. The van der Waals surface area contributed by atoms with Crippen LogP contribution in [-0.4, -0.2) is 88.0 Å². The lowest BCUT2D eigenvalue weighted by Crippen LogP contribution is -2.46. The van der Waals surface area contributed by atoms with Crippen LogP contribution in [0.1, 0.15) is 88.8 Å². The fourth-order valence-corrected chi connectivity index (χ4v) is 8.86. The zero-order valence-electron chi connectivity index (χ0n) is 37.0. The Bertz CT molecular complexity index is 2720. The Labute approximate surface area is 366 Å². The minimum absolute atomic E-state index is 0.217. The number of rotatable bonds is 12. The molecule has 3 N–H and O–H groups in total. The van der Waals surface area contributed by atoms with E-state index in [1.165, 1.54) is 10.9 Å². The minimum atomic E-state index is -0.690. The Hall–Kier alpha value is -6.39. The number of aliphatic hydroxyl groups excluding tert-OH is 1. The van der Waals surface area contributed by atoms with Crippen LogP contribution >= 0.6 is 0 Å². The molecule has 16 nitrogen and oxygen atoms in total. The van der Waals surface area contributed by atoms with Gasteiger partial charge in [-0.1, -0.05) is 52.0 Å². The Kier molecular flexibility index (Phi) is 14.0. The predicted molar refractivity (Wildman–Crippen MR) is 247 cm³/mol. The number of aromatic nitrogens is 7. The molecule has 1 aliphatic carbocycles. The first-order valence-corrected chi connectivity index (χ1v) is 22.3. The van der Waals surface area contributed by atoms with E-state index in [4.69, 9.17) is 9.97 Å². The van der Waals surface area contributed by atoms with Crippen LogP contribution in [0.2, 0.25) is 0 Å². The fraction of sp³-hybridized carbons (Fsp3) is 0.426. The number of piperazine rings is 1. The van der Waals surface area contributed by atoms with Crippen molar-refractivity contribution in [3.63, 3.8) is 0 Å². The summed E-state index contributed by atoms with van der Waals surface area (Å²) in [5.74, 6) is 0.118. The quantitative estimate of drug-likeness (QED) is 0.0780. The number of amides is 2. The molecule has 3 aliphatic rings. The third-order valence-electron chi connectivity index (χ3n) is 11.9. The molecule has 2 aliphatic heterocycles. The average molecular weight is 858 g/mol. The molecule has 4 aromatic heterocycles. The lowest BCUT2D eigenvalue weighted by molar-refractivity contribution is -0.135. The minimum Gasteiger partial charge on any atom is -0.387 e. The van der Waals surface area contributed by atoms with Crippen LogP contribution in [0.5, 0.6) is 0 Å². The van der Waals surface area contributed by atoms with Gasteiger partial charge >= 0.3 is 5.69 Å². The summed E-state index contributed by atoms with van der Waals surface area (Å²) in [6.07, 6.45) is 7.29. The molecule has 0 bridgehead atoms. The third-order valence-corrected chi connectivity index (χ3v) is 11.9. The first-order chi connectivity index (χ1) is 30.7. The van der Waals surface area contributed by atoms with Gasteiger partial charge in [0.2, 0.25) is 17.8 Å². The van der Waals surface area contributed by atoms with Crippen molar-refractivity contribution >= 4 is 51.2 Å². The van der Waals surface area contributed by atoms with Gasteiger partial charge in [-0.25, -0.2) is 24.1 Å². The molecule has 0 saturated carbocycles. The average Bonchev–Trinajstić information content (AvgIpc) is 3.91. The van der Waals surface area contributed by atoms with Crippen LogP contribution in [0.15, 0.2) is 83.0 Å². The maximum Gasteiger partial charge on any atom is 0.329 e. The van der Waals surface area contributed by atoms with Crippen molar-refractivity contribution in [2.45, 2.75) is 91.3 Å². The van der Waals surface area contributed by atoms with Gasteiger partial charge in [-0.3, -0.25) is 33.7 Å². The van der Waals surface area contributed by atoms with E-state index >= 15 is 0 Å². The molecule has 2 aromatic carbocycles. The van der Waals surface area contributed by atoms with Crippen LogP contribution in [0, 0.1) is 0 Å². The molecular formula is C47H59N11O5. The number of aryl methyl sites for hydroxylation is 3. The highest BCUT2D eigenvalue weighted by atomic mass is 16.3. The number of fused-ring (bicyclic) bond motifs is 3. The van der Waals surface area contributed by atoms with E-state index in [-0.39, 0.29) is 30.1 Å². The Morgan fingerprint density at radius 2 is 1.67 bits per heavy atom. The molecule has 2 amide bonds. The van der Waals surface area contributed by atoms with E-state index in [0.29, 0.717) is 41.3 Å². The maximum atomic E-state index is 13.4. The zero-order chi connectivity index (χ0) is 44.8. The van der Waals surface area contributed by atoms with Crippen molar-refractivity contribution in [2.75, 3.05) is 42.9 Å². The molecule has 0 spiro atoms. The molecule has 6 heterocycles. The number of carbonyl (C=O) groups is 2. The van der Waals surface area contributed by atoms with Gasteiger partial charge in [0, 0.05) is 57.2 Å². The molecule has 332 valence electrons. The summed E-state index contributed by atoms with van der Waals surface area (Å²) in [7, 11) is 1.75. The zero-order valence-corrected chi connectivity index (χ0v) is 37.0. The number of allylic oxidation sites excluding steroid dienone is 1. The van der Waals surface area contributed by atoms with E-state index in [9.17, 15) is 24.3 Å². The summed E-state index contributed by atoms with van der Waals surface area (Å²) in [5.41, 5.74) is 6.17. The Morgan fingerprint density at radius 3 is 2.40 bits per heavy atom. The van der Waals surface area contributed by atoms with E-state index in [1.807, 2.05) is 64.1 Å². The Morgan fingerprint density at radius 1 is 0.905 bits per heavy atom. The molecule has 6 aromatic rings. The van der Waals surface area contributed by atoms with Gasteiger partial charge in [-0.05, 0) is 92.6 Å². The third kappa shape index (κ3) is 8.95. The molecular weight excluding hydrogens is 799 g/mol. The van der Waals surface area contributed by atoms with Gasteiger partial charge < -0.3 is 15.3 Å². The number of nitrogens with one attached hydrogen (secondary N) is 2. The summed E-state index contributed by atoms with van der Waals surface area (Å²) in [6, 6.07) is 17.2. The van der Waals surface area contributed by atoms with Gasteiger partial charge in [0.25, 0.3) is 5.56 Å². The second-order valence-corrected chi connectivity index (χ2v) is 15.6. The first kappa shape index (κ1) is 44.7. The largest absolute Gasteiger partial charge is 0.387 e. The molecule has 63 heavy (non-hydrogen) atoms. The molecule has 16 heteroatoms. The highest BCUT2D eigenvalue weighted by Crippen LogP contribution is 2.31. The van der Waals surface area contributed by atoms with Crippen molar-refractivity contribution < 1.29 is 14.7 Å². The van der Waals surface area contributed by atoms with Gasteiger partial charge in [-0.2, -0.15) is 4.98 Å². The predicted octanol–water partition coefficient (Wildman–Crippen LogP) is 5.71. The monoisotopic (exact) mass is 857 g/mol. The number of hydrogen-bond acceptors (Lipinski definition) is 11. The SMILES string of the molecule is C=CCn1c(=O)c2cnc(Nc3ccc(N4CCN(CCCCc5cccc6c5n(C)c(=O)n6C5CCC(=O)NC5=O)CC4)cc3)nc2n1-c1ccc2c(n1)C(O)CC2.CC.CC. The summed E-state index contributed by atoms with van der Waals surface area (Å²) >= 11 is 0. The number of imidazole rings is 1. The molecule has 0 radical (unpaired) electrons. The highest BCUT2D eigenvalue weighted by molar-refractivity contribution is 6.00. The smallest absolute Gasteiger partial charge is 0.329 e. The number of carbonyl (C=O) groups excluding carboxylic acids is 2. The normalized spacial score (nSPS) is 17.5. The van der Waals surface area contributed by atoms with E-state index in [2.05, 4.69) is 50.2 Å². The van der Waals surface area contributed by atoms with Crippen molar-refractivity contribution in [1.82, 2.24) is 43.7 Å². The van der Waals surface area contributed by atoms with Crippen LogP contribution in [0.4, 0.5) is 17.3 Å². The van der Waals surface area contributed by atoms with E-state index < -0.39 is 18.1 Å². The van der Waals surface area contributed by atoms with E-state index in [1.54, 1.807) is 26.9 Å². The van der Waals surface area contributed by atoms with Gasteiger partial charge in [0.1, 0.15) is 11.4 Å². The first-order valence-electron chi connectivity index (χ1n) is 22.3. The van der Waals surface area contributed by atoms with Crippen LogP contribution in [-0.2, 0) is 36.0 Å². The summed E-state index contributed by atoms with van der Waals surface area (Å²) < 4.78 is 6.38. The maximum absolute atomic E-state index is 13.4. The van der Waals surface area contributed by atoms with Gasteiger partial charge in [0.15, 0.2) is 11.5 Å². The highest BCUT2D eigenvalue weighted by Gasteiger charge is 2.32. The molecule has 2 unspecified atom stereocenters. The van der Waals surface area contributed by atoms with Crippen LogP contribution in [0.25, 0.3) is 27.9 Å². The molecule has 2 fully saturated rings. The number of piperidine rings is 1. The number of hydrogen-bond donors (Lipinski definition) is 3. The molecule has 2 saturated heterocycles. The number of unbranched alkanes of at least 4 members (excludes halogenated alkanes) is 1. The standard InChI is InChI=1S/C43H47N11O5.2C2H6/c1-3-20-52-41(58)31-26-44-42(48-39(31)54(52)35-18-11-27-10-17-34(55)37(27)46-35)45-29-12-14-30(15-13-29)51-24-22-50(23-25-51)21-5-4-7-28-8-6-9-32-38(28)49(2)43(59)53(32)33-16-19-36(56)47-40(33)57;2*1-2/h3,6,8-9,11-15,18,26,33-34,55H,1,4-5,7,10,16-17,19-25H2,2H3,(H,44,45,48)(H,47,56,57);2*1-2H3. The number of nitrogens with zero attached hydrogens (tertiary/aromatic N) is 9. The Balaban J connectivity index is 0.00000145. The number of aliphatic hydroxyl groups is 1. The van der Waals surface area contributed by atoms with Crippen molar-refractivity contribution in [1.29, 1.82) is 0 Å². The van der Waals surface area contributed by atoms with Crippen LogP contribution in [0.3, 0.4) is 0 Å². The van der Waals surface area contributed by atoms with Crippen LogP contribution < -0.4 is 26.8 Å². The number of imide groups is 1. The number of pyridine rings is 1. The van der Waals surface area contributed by atoms with Crippen molar-refractivity contribution in [2.24, 2.45) is 7.05 Å². The number of para-hydroxylation sites is 1. The lowest BCUT2D eigenvalue weighted by Gasteiger charge is -2.36. The fourth-order valence-electron chi connectivity index (χ4n) is 8.86. The second kappa shape index (κ2) is 19.8. The summed E-state index contributed by atoms with van der Waals surface area (Å²) in [4.78, 5) is 69.9. The van der Waals surface area contributed by atoms with E-state index in [0.717, 1.165) is 91.9 Å². The second-order valence-electron chi connectivity index (χ2n) is 15.6. The summed E-state index contributed by atoms with van der Waals surface area (Å²) in [6.45, 7) is 16.8. The van der Waals surface area contributed by atoms with Gasteiger partial charge in [-0.15, -0.1) is 6.58 Å². The topological polar surface area (TPSA) is 177 Å². The number of benzene rings is 2.